The summed E-state index contributed by atoms with van der Waals surface area (Å²) in [5.41, 5.74) is 0. The van der Waals surface area contributed by atoms with E-state index in [-0.39, 0.29) is 24.5 Å². The Labute approximate surface area is 140 Å². The lowest BCUT2D eigenvalue weighted by atomic mass is 9.96. The van der Waals surface area contributed by atoms with Gasteiger partial charge in [-0.3, -0.25) is 4.79 Å². The standard InChI is InChI=1S/C17H33N3O3/c1-4-23-16(21)11-14-20(13-8-12-19(2)3)17(22)18-15-9-6-5-7-10-15/h15H,4-14H2,1-3H3,(H,18,22). The minimum Gasteiger partial charge on any atom is -0.466 e. The van der Waals surface area contributed by atoms with Gasteiger partial charge in [-0.25, -0.2) is 4.79 Å². The Morgan fingerprint density at radius 3 is 2.39 bits per heavy atom. The second-order valence-electron chi connectivity index (χ2n) is 6.48. The summed E-state index contributed by atoms with van der Waals surface area (Å²) in [5.74, 6) is -0.240. The number of urea groups is 1. The van der Waals surface area contributed by atoms with E-state index in [2.05, 4.69) is 10.2 Å². The number of nitrogens with one attached hydrogen (secondary N) is 1. The van der Waals surface area contributed by atoms with Gasteiger partial charge in [0.25, 0.3) is 0 Å². The smallest absolute Gasteiger partial charge is 0.317 e. The predicted octanol–water partition coefficient (Wildman–Crippen LogP) is 2.24. The van der Waals surface area contributed by atoms with Crippen molar-refractivity contribution in [3.05, 3.63) is 0 Å². The number of nitrogens with zero attached hydrogens (tertiary/aromatic N) is 2. The van der Waals surface area contributed by atoms with Gasteiger partial charge in [-0.05, 0) is 46.8 Å². The third-order valence-electron chi connectivity index (χ3n) is 4.14. The van der Waals surface area contributed by atoms with Crippen LogP contribution in [0.2, 0.25) is 0 Å². The average Bonchev–Trinajstić information content (AvgIpc) is 2.51. The van der Waals surface area contributed by atoms with Gasteiger partial charge in [-0.2, -0.15) is 0 Å². The van der Waals surface area contributed by atoms with Crippen LogP contribution in [0.5, 0.6) is 0 Å². The van der Waals surface area contributed by atoms with E-state index in [9.17, 15) is 9.59 Å². The van der Waals surface area contributed by atoms with Crippen LogP contribution in [0.25, 0.3) is 0 Å². The van der Waals surface area contributed by atoms with Crippen LogP contribution >= 0.6 is 0 Å². The Morgan fingerprint density at radius 2 is 1.78 bits per heavy atom. The largest absolute Gasteiger partial charge is 0.466 e. The first-order valence-electron chi connectivity index (χ1n) is 8.88. The lowest BCUT2D eigenvalue weighted by Crippen LogP contribution is -2.46. The maximum atomic E-state index is 12.5. The van der Waals surface area contributed by atoms with Crippen molar-refractivity contribution >= 4 is 12.0 Å². The molecular weight excluding hydrogens is 294 g/mol. The van der Waals surface area contributed by atoms with E-state index in [1.807, 2.05) is 14.1 Å². The first-order valence-corrected chi connectivity index (χ1v) is 8.88. The van der Waals surface area contributed by atoms with Crippen LogP contribution in [-0.4, -0.2) is 68.2 Å². The third kappa shape index (κ3) is 8.79. The summed E-state index contributed by atoms with van der Waals surface area (Å²) >= 11 is 0. The number of ether oxygens (including phenoxy) is 1. The normalized spacial score (nSPS) is 15.5. The molecule has 134 valence electrons. The second kappa shape index (κ2) is 11.3. The Bertz CT molecular complexity index is 355. The molecule has 0 aromatic carbocycles. The highest BCUT2D eigenvalue weighted by Gasteiger charge is 2.20. The van der Waals surface area contributed by atoms with Gasteiger partial charge in [0.2, 0.25) is 0 Å². The Hall–Kier alpha value is -1.30. The fraction of sp³-hybridized carbons (Fsp3) is 0.882. The van der Waals surface area contributed by atoms with E-state index < -0.39 is 0 Å². The van der Waals surface area contributed by atoms with Crippen LogP contribution < -0.4 is 5.32 Å². The van der Waals surface area contributed by atoms with Gasteiger partial charge in [0, 0.05) is 19.1 Å². The van der Waals surface area contributed by atoms with Crippen molar-refractivity contribution in [1.82, 2.24) is 15.1 Å². The zero-order valence-corrected chi connectivity index (χ0v) is 15.0. The van der Waals surface area contributed by atoms with Crippen LogP contribution in [0.1, 0.15) is 51.9 Å². The minimum absolute atomic E-state index is 0.0417. The topological polar surface area (TPSA) is 61.9 Å². The van der Waals surface area contributed by atoms with Crippen molar-refractivity contribution in [2.45, 2.75) is 57.9 Å². The molecule has 0 spiro atoms. The molecule has 1 aliphatic rings. The predicted molar refractivity (Wildman–Crippen MR) is 91.4 cm³/mol. The zero-order chi connectivity index (χ0) is 17.1. The summed E-state index contributed by atoms with van der Waals surface area (Å²) in [6.07, 6.45) is 6.93. The van der Waals surface area contributed by atoms with Gasteiger partial charge < -0.3 is 19.9 Å². The molecular formula is C17H33N3O3. The molecule has 2 amide bonds. The molecule has 1 N–H and O–H groups in total. The molecule has 0 aliphatic heterocycles. The van der Waals surface area contributed by atoms with Crippen molar-refractivity contribution in [2.24, 2.45) is 0 Å². The molecule has 0 aromatic rings. The van der Waals surface area contributed by atoms with Crippen molar-refractivity contribution < 1.29 is 14.3 Å². The molecule has 6 heteroatoms. The van der Waals surface area contributed by atoms with Gasteiger partial charge in [-0.1, -0.05) is 19.3 Å². The van der Waals surface area contributed by atoms with Crippen LogP contribution in [0.15, 0.2) is 0 Å². The molecule has 0 bridgehead atoms. The van der Waals surface area contributed by atoms with Gasteiger partial charge in [-0.15, -0.1) is 0 Å². The zero-order valence-electron chi connectivity index (χ0n) is 15.0. The fourth-order valence-electron chi connectivity index (χ4n) is 2.86. The van der Waals surface area contributed by atoms with E-state index in [4.69, 9.17) is 4.74 Å². The molecule has 1 aliphatic carbocycles. The maximum Gasteiger partial charge on any atom is 0.317 e. The Balaban J connectivity index is 2.46. The van der Waals surface area contributed by atoms with Crippen molar-refractivity contribution in [1.29, 1.82) is 0 Å². The summed E-state index contributed by atoms with van der Waals surface area (Å²) in [7, 11) is 4.04. The fourth-order valence-corrected chi connectivity index (χ4v) is 2.86. The van der Waals surface area contributed by atoms with Crippen LogP contribution in [-0.2, 0) is 9.53 Å². The summed E-state index contributed by atoms with van der Waals surface area (Å²) in [6.45, 7) is 4.18. The Kier molecular flexibility index (Phi) is 9.67. The van der Waals surface area contributed by atoms with Gasteiger partial charge in [0.15, 0.2) is 0 Å². The highest BCUT2D eigenvalue weighted by molar-refractivity contribution is 5.76. The van der Waals surface area contributed by atoms with E-state index in [1.54, 1.807) is 11.8 Å². The molecule has 6 nitrogen and oxygen atoms in total. The van der Waals surface area contributed by atoms with Gasteiger partial charge in [0.05, 0.1) is 13.0 Å². The second-order valence-corrected chi connectivity index (χ2v) is 6.48. The van der Waals surface area contributed by atoms with Crippen molar-refractivity contribution in [3.63, 3.8) is 0 Å². The van der Waals surface area contributed by atoms with Crippen LogP contribution in [0, 0.1) is 0 Å². The molecule has 1 fully saturated rings. The van der Waals surface area contributed by atoms with E-state index in [0.717, 1.165) is 25.8 Å². The minimum atomic E-state index is -0.240. The van der Waals surface area contributed by atoms with Crippen LogP contribution in [0.4, 0.5) is 4.79 Å². The number of hydrogen-bond acceptors (Lipinski definition) is 4. The number of carbonyl (C=O) groups is 2. The SMILES string of the molecule is CCOC(=O)CCN(CCCN(C)C)C(=O)NC1CCCCC1. The average molecular weight is 327 g/mol. The molecule has 23 heavy (non-hydrogen) atoms. The molecule has 0 atom stereocenters. The first kappa shape index (κ1) is 19.7. The molecule has 0 radical (unpaired) electrons. The van der Waals surface area contributed by atoms with Crippen LogP contribution in [0.3, 0.4) is 0 Å². The number of carbonyl (C=O) groups excluding carboxylic acids is 2. The number of amides is 2. The number of rotatable bonds is 9. The van der Waals surface area contributed by atoms with Crippen molar-refractivity contribution in [3.8, 4) is 0 Å². The molecule has 1 rings (SSSR count). The third-order valence-corrected chi connectivity index (χ3v) is 4.14. The highest BCUT2D eigenvalue weighted by Crippen LogP contribution is 2.17. The molecule has 1 saturated carbocycles. The van der Waals surface area contributed by atoms with E-state index in [1.165, 1.54) is 19.3 Å². The first-order chi connectivity index (χ1) is 11.0. The molecule has 0 heterocycles. The van der Waals surface area contributed by atoms with E-state index >= 15 is 0 Å². The number of hydrogen-bond donors (Lipinski definition) is 1. The van der Waals surface area contributed by atoms with E-state index in [0.29, 0.717) is 19.7 Å². The summed E-state index contributed by atoms with van der Waals surface area (Å²) in [6, 6.07) is 0.246. The maximum absolute atomic E-state index is 12.5. The summed E-state index contributed by atoms with van der Waals surface area (Å²) in [5, 5.41) is 3.13. The summed E-state index contributed by atoms with van der Waals surface area (Å²) < 4.78 is 4.96. The highest BCUT2D eigenvalue weighted by atomic mass is 16.5. The Morgan fingerprint density at radius 1 is 1.09 bits per heavy atom. The molecule has 0 saturated heterocycles. The monoisotopic (exact) mass is 327 g/mol. The van der Waals surface area contributed by atoms with Gasteiger partial charge >= 0.3 is 12.0 Å². The quantitative estimate of drug-likeness (QED) is 0.660. The van der Waals surface area contributed by atoms with Crippen molar-refractivity contribution in [2.75, 3.05) is 40.3 Å². The lowest BCUT2D eigenvalue weighted by Gasteiger charge is -2.28. The number of esters is 1. The molecule has 0 aromatic heterocycles. The molecule has 0 unspecified atom stereocenters. The lowest BCUT2D eigenvalue weighted by molar-refractivity contribution is -0.143. The summed E-state index contributed by atoms with van der Waals surface area (Å²) in [4.78, 5) is 27.9. The van der Waals surface area contributed by atoms with Gasteiger partial charge in [0.1, 0.15) is 0 Å².